The van der Waals surface area contributed by atoms with Crippen molar-refractivity contribution in [1.82, 2.24) is 0 Å². The lowest BCUT2D eigenvalue weighted by Gasteiger charge is -2.25. The molecule has 0 aromatic heterocycles. The summed E-state index contributed by atoms with van der Waals surface area (Å²) in [5, 5.41) is 11.2. The summed E-state index contributed by atoms with van der Waals surface area (Å²) in [4.78, 5) is 0. The van der Waals surface area contributed by atoms with E-state index in [1.165, 1.54) is 0 Å². The SMILES string of the molecule is CC(O)(Cc1ccc(Cl)cc1)c1cccc(Br)c1F. The van der Waals surface area contributed by atoms with E-state index in [1.54, 1.807) is 37.3 Å². The Morgan fingerprint density at radius 2 is 1.84 bits per heavy atom. The van der Waals surface area contributed by atoms with Gasteiger partial charge in [0.1, 0.15) is 5.82 Å². The van der Waals surface area contributed by atoms with Gasteiger partial charge in [0.25, 0.3) is 0 Å². The van der Waals surface area contributed by atoms with Crippen LogP contribution in [-0.2, 0) is 12.0 Å². The highest BCUT2D eigenvalue weighted by Gasteiger charge is 2.27. The van der Waals surface area contributed by atoms with Gasteiger partial charge in [-0.25, -0.2) is 4.39 Å². The monoisotopic (exact) mass is 342 g/mol. The number of rotatable bonds is 3. The van der Waals surface area contributed by atoms with E-state index in [-0.39, 0.29) is 5.56 Å². The van der Waals surface area contributed by atoms with Gasteiger partial charge in [0, 0.05) is 17.0 Å². The zero-order valence-electron chi connectivity index (χ0n) is 10.3. The summed E-state index contributed by atoms with van der Waals surface area (Å²) < 4.78 is 14.4. The Morgan fingerprint density at radius 3 is 2.47 bits per heavy atom. The molecule has 1 nitrogen and oxygen atoms in total. The number of hydrogen-bond donors (Lipinski definition) is 1. The Labute approximate surface area is 125 Å². The van der Waals surface area contributed by atoms with Crippen molar-refractivity contribution in [3.8, 4) is 0 Å². The summed E-state index contributed by atoms with van der Waals surface area (Å²) in [7, 11) is 0. The first-order valence-electron chi connectivity index (χ1n) is 5.81. The van der Waals surface area contributed by atoms with E-state index < -0.39 is 11.4 Å². The smallest absolute Gasteiger partial charge is 0.143 e. The highest BCUT2D eigenvalue weighted by atomic mass is 79.9. The van der Waals surface area contributed by atoms with Gasteiger partial charge in [-0.05, 0) is 46.6 Å². The molecule has 2 rings (SSSR count). The third-order valence-corrected chi connectivity index (χ3v) is 3.86. The number of aliphatic hydroxyl groups is 1. The van der Waals surface area contributed by atoms with E-state index in [4.69, 9.17) is 11.6 Å². The first-order chi connectivity index (χ1) is 8.90. The molecule has 0 aliphatic heterocycles. The molecule has 0 bridgehead atoms. The molecule has 0 aliphatic rings. The van der Waals surface area contributed by atoms with Crippen LogP contribution in [0.1, 0.15) is 18.1 Å². The van der Waals surface area contributed by atoms with Crippen molar-refractivity contribution >= 4 is 27.5 Å². The molecule has 1 unspecified atom stereocenters. The zero-order chi connectivity index (χ0) is 14.0. The molecule has 2 aromatic rings. The van der Waals surface area contributed by atoms with Gasteiger partial charge < -0.3 is 5.11 Å². The third kappa shape index (κ3) is 3.35. The molecule has 0 fully saturated rings. The molecule has 0 saturated heterocycles. The summed E-state index contributed by atoms with van der Waals surface area (Å²) >= 11 is 8.95. The topological polar surface area (TPSA) is 20.2 Å². The Bertz CT molecular complexity index is 581. The van der Waals surface area contributed by atoms with E-state index in [9.17, 15) is 9.50 Å². The third-order valence-electron chi connectivity index (χ3n) is 2.99. The maximum atomic E-state index is 14.0. The van der Waals surface area contributed by atoms with E-state index in [0.29, 0.717) is 15.9 Å². The normalized spacial score (nSPS) is 14.2. The van der Waals surface area contributed by atoms with Crippen molar-refractivity contribution < 1.29 is 9.50 Å². The van der Waals surface area contributed by atoms with Crippen LogP contribution in [0.3, 0.4) is 0 Å². The lowest BCUT2D eigenvalue weighted by atomic mass is 9.89. The molecule has 0 radical (unpaired) electrons. The largest absolute Gasteiger partial charge is 0.385 e. The molecular formula is C15H13BrClFO. The minimum absolute atomic E-state index is 0.275. The van der Waals surface area contributed by atoms with Crippen LogP contribution >= 0.6 is 27.5 Å². The van der Waals surface area contributed by atoms with Gasteiger partial charge in [0.2, 0.25) is 0 Å². The van der Waals surface area contributed by atoms with Crippen LogP contribution < -0.4 is 0 Å². The van der Waals surface area contributed by atoms with Crippen molar-refractivity contribution in [2.24, 2.45) is 0 Å². The van der Waals surface area contributed by atoms with Crippen LogP contribution in [0.25, 0.3) is 0 Å². The number of benzene rings is 2. The molecule has 1 atom stereocenters. The van der Waals surface area contributed by atoms with Crippen molar-refractivity contribution in [2.45, 2.75) is 18.9 Å². The molecule has 0 spiro atoms. The Balaban J connectivity index is 2.31. The predicted octanol–water partition coefficient (Wildman–Crippen LogP) is 4.69. The molecule has 4 heteroatoms. The van der Waals surface area contributed by atoms with Crippen LogP contribution in [0.15, 0.2) is 46.9 Å². The van der Waals surface area contributed by atoms with Crippen LogP contribution in [0.4, 0.5) is 4.39 Å². The Morgan fingerprint density at radius 1 is 1.21 bits per heavy atom. The van der Waals surface area contributed by atoms with E-state index >= 15 is 0 Å². The van der Waals surface area contributed by atoms with Gasteiger partial charge in [-0.15, -0.1) is 0 Å². The molecule has 0 amide bonds. The highest BCUT2D eigenvalue weighted by Crippen LogP contribution is 2.31. The maximum absolute atomic E-state index is 14.0. The van der Waals surface area contributed by atoms with Crippen molar-refractivity contribution in [2.75, 3.05) is 0 Å². The van der Waals surface area contributed by atoms with Gasteiger partial charge in [0.05, 0.1) is 10.1 Å². The summed E-state index contributed by atoms with van der Waals surface area (Å²) in [6.45, 7) is 1.60. The molecular weight excluding hydrogens is 331 g/mol. The average Bonchev–Trinajstić information content (AvgIpc) is 2.35. The van der Waals surface area contributed by atoms with Gasteiger partial charge in [-0.1, -0.05) is 35.9 Å². The first-order valence-corrected chi connectivity index (χ1v) is 6.98. The molecule has 0 aliphatic carbocycles. The van der Waals surface area contributed by atoms with Gasteiger partial charge in [-0.3, -0.25) is 0 Å². The molecule has 0 heterocycles. The Kier molecular flexibility index (Phi) is 4.29. The summed E-state index contributed by atoms with van der Waals surface area (Å²) in [6.07, 6.45) is 0.317. The first kappa shape index (κ1) is 14.5. The van der Waals surface area contributed by atoms with E-state index in [1.807, 2.05) is 12.1 Å². The minimum Gasteiger partial charge on any atom is -0.385 e. The molecule has 100 valence electrons. The fraction of sp³-hybridized carbons (Fsp3) is 0.200. The summed E-state index contributed by atoms with van der Waals surface area (Å²) in [6, 6.07) is 12.1. The standard InChI is InChI=1S/C15H13BrClFO/c1-15(19,9-10-5-7-11(17)8-6-10)12-3-2-4-13(16)14(12)18/h2-8,19H,9H2,1H3. The number of hydrogen-bond acceptors (Lipinski definition) is 1. The highest BCUT2D eigenvalue weighted by molar-refractivity contribution is 9.10. The van der Waals surface area contributed by atoms with Gasteiger partial charge in [-0.2, -0.15) is 0 Å². The molecule has 19 heavy (non-hydrogen) atoms. The van der Waals surface area contributed by atoms with Gasteiger partial charge >= 0.3 is 0 Å². The average molecular weight is 344 g/mol. The fourth-order valence-electron chi connectivity index (χ4n) is 2.01. The maximum Gasteiger partial charge on any atom is 0.143 e. The fourth-order valence-corrected chi connectivity index (χ4v) is 2.51. The minimum atomic E-state index is -1.28. The predicted molar refractivity (Wildman–Crippen MR) is 78.8 cm³/mol. The van der Waals surface area contributed by atoms with Crippen LogP contribution in [0.5, 0.6) is 0 Å². The molecule has 1 N–H and O–H groups in total. The van der Waals surface area contributed by atoms with Crippen molar-refractivity contribution in [3.05, 3.63) is 68.9 Å². The Hall–Kier alpha value is -0.900. The van der Waals surface area contributed by atoms with Gasteiger partial charge in [0.15, 0.2) is 0 Å². The van der Waals surface area contributed by atoms with E-state index in [2.05, 4.69) is 15.9 Å². The van der Waals surface area contributed by atoms with Crippen LogP contribution in [-0.4, -0.2) is 5.11 Å². The van der Waals surface area contributed by atoms with Crippen LogP contribution in [0.2, 0.25) is 5.02 Å². The number of halogens is 3. The van der Waals surface area contributed by atoms with E-state index in [0.717, 1.165) is 5.56 Å². The van der Waals surface area contributed by atoms with Crippen molar-refractivity contribution in [1.29, 1.82) is 0 Å². The molecule has 2 aromatic carbocycles. The second kappa shape index (κ2) is 5.61. The second-order valence-corrected chi connectivity index (χ2v) is 5.97. The summed E-state index contributed by atoms with van der Waals surface area (Å²) in [5.74, 6) is -0.429. The summed E-state index contributed by atoms with van der Waals surface area (Å²) in [5.41, 5.74) is -0.104. The lowest BCUT2D eigenvalue weighted by molar-refractivity contribution is 0.0537. The van der Waals surface area contributed by atoms with Crippen molar-refractivity contribution in [3.63, 3.8) is 0 Å². The quantitative estimate of drug-likeness (QED) is 0.857. The van der Waals surface area contributed by atoms with Crippen LogP contribution in [0, 0.1) is 5.82 Å². The molecule has 0 saturated carbocycles. The zero-order valence-corrected chi connectivity index (χ0v) is 12.7. The lowest BCUT2D eigenvalue weighted by Crippen LogP contribution is -2.25. The second-order valence-electron chi connectivity index (χ2n) is 4.68.